The Morgan fingerprint density at radius 3 is 2.43 bits per heavy atom. The van der Waals surface area contributed by atoms with Gasteiger partial charge in [-0.2, -0.15) is 13.2 Å². The molecule has 4 nitrogen and oxygen atoms in total. The molecular weight excluding hydrogens is 287 g/mol. The smallest absolute Gasteiger partial charge is 0.454 e. The molecule has 118 valence electrons. The summed E-state index contributed by atoms with van der Waals surface area (Å²) in [4.78, 5) is 25.0. The summed E-state index contributed by atoms with van der Waals surface area (Å²) in [6, 6.07) is -0.586. The zero-order chi connectivity index (χ0) is 16.0. The summed E-state index contributed by atoms with van der Waals surface area (Å²) in [5.41, 5.74) is -0.688. The molecule has 0 aromatic rings. The summed E-state index contributed by atoms with van der Waals surface area (Å²) in [5, 5.41) is 0. The summed E-state index contributed by atoms with van der Waals surface area (Å²) in [5.74, 6) is -2.27. The lowest BCUT2D eigenvalue weighted by Crippen LogP contribution is -2.47. The molecule has 1 unspecified atom stereocenters. The third-order valence-electron chi connectivity index (χ3n) is 4.13. The van der Waals surface area contributed by atoms with Crippen LogP contribution in [0.25, 0.3) is 0 Å². The number of methoxy groups -OCH3 is 1. The number of ether oxygens (including phenoxy) is 1. The molecule has 0 radical (unpaired) electrons. The fourth-order valence-corrected chi connectivity index (χ4v) is 3.18. The molecule has 2 rings (SSSR count). The number of nitrogens with zero attached hydrogens (tertiary/aromatic N) is 1. The minimum atomic E-state index is -4.89. The van der Waals surface area contributed by atoms with Gasteiger partial charge in [-0.1, -0.05) is 13.8 Å². The maximum absolute atomic E-state index is 12.8. The standard InChI is InChI=1S/C14H18F3NO3/c1-13(2)7-9(10(13)11(19)14(15,16)17)18-6-4-5-8(18)12(20)21-3/h8H,4-7H2,1-3H3. The molecule has 21 heavy (non-hydrogen) atoms. The van der Waals surface area contributed by atoms with E-state index in [1.165, 1.54) is 7.11 Å². The van der Waals surface area contributed by atoms with E-state index in [0.29, 0.717) is 31.5 Å². The highest BCUT2D eigenvalue weighted by Crippen LogP contribution is 2.51. The van der Waals surface area contributed by atoms with E-state index < -0.39 is 29.4 Å². The minimum absolute atomic E-state index is 0.217. The van der Waals surface area contributed by atoms with Crippen LogP contribution in [0.2, 0.25) is 0 Å². The van der Waals surface area contributed by atoms with E-state index in [2.05, 4.69) is 4.74 Å². The van der Waals surface area contributed by atoms with Crippen LogP contribution in [0.1, 0.15) is 33.1 Å². The van der Waals surface area contributed by atoms with E-state index in [4.69, 9.17) is 0 Å². The summed E-state index contributed by atoms with van der Waals surface area (Å²) in [7, 11) is 1.25. The number of carbonyl (C=O) groups is 2. The van der Waals surface area contributed by atoms with Crippen LogP contribution >= 0.6 is 0 Å². The first-order valence-corrected chi connectivity index (χ1v) is 6.79. The van der Waals surface area contributed by atoms with Gasteiger partial charge < -0.3 is 9.64 Å². The third kappa shape index (κ3) is 2.65. The summed E-state index contributed by atoms with van der Waals surface area (Å²) in [6.45, 7) is 3.69. The number of Topliss-reactive ketones (excluding diaryl/α,β-unsaturated/α-hetero) is 1. The van der Waals surface area contributed by atoms with Gasteiger partial charge in [0.2, 0.25) is 0 Å². The molecule has 1 atom stereocenters. The Kier molecular flexibility index (Phi) is 3.80. The maximum Gasteiger partial charge on any atom is 0.454 e. The van der Waals surface area contributed by atoms with E-state index in [1.807, 2.05) is 0 Å². The quantitative estimate of drug-likeness (QED) is 0.751. The van der Waals surface area contributed by atoms with Crippen molar-refractivity contribution in [3.8, 4) is 0 Å². The van der Waals surface area contributed by atoms with Gasteiger partial charge in [0.05, 0.1) is 7.11 Å². The van der Waals surface area contributed by atoms with Crippen LogP contribution in [0.15, 0.2) is 11.3 Å². The molecule has 1 aliphatic heterocycles. The van der Waals surface area contributed by atoms with Crippen molar-refractivity contribution in [2.45, 2.75) is 45.3 Å². The molecule has 0 amide bonds. The monoisotopic (exact) mass is 305 g/mol. The molecule has 0 aromatic heterocycles. The summed E-state index contributed by atoms with van der Waals surface area (Å²) >= 11 is 0. The van der Waals surface area contributed by atoms with Gasteiger partial charge in [-0.25, -0.2) is 4.79 Å². The molecule has 1 heterocycles. The lowest BCUT2D eigenvalue weighted by atomic mass is 9.67. The average Bonchev–Trinajstić information content (AvgIpc) is 2.82. The molecule has 0 saturated carbocycles. The molecule has 0 N–H and O–H groups in total. The SMILES string of the molecule is COC(=O)C1CCCN1C1=C(C(=O)C(F)(F)F)C(C)(C)C1. The number of halogens is 3. The fraction of sp³-hybridized carbons (Fsp3) is 0.714. The Balaban J connectivity index is 2.37. The molecular formula is C14H18F3NO3. The number of carbonyl (C=O) groups excluding carboxylic acids is 2. The Bertz CT molecular complexity index is 508. The van der Waals surface area contributed by atoms with Crippen LogP contribution in [0.5, 0.6) is 0 Å². The molecule has 2 aliphatic rings. The van der Waals surface area contributed by atoms with Crippen molar-refractivity contribution >= 4 is 11.8 Å². The highest BCUT2D eigenvalue weighted by atomic mass is 19.4. The van der Waals surface area contributed by atoms with Gasteiger partial charge >= 0.3 is 12.1 Å². The van der Waals surface area contributed by atoms with Crippen molar-refractivity contribution in [2.75, 3.05) is 13.7 Å². The van der Waals surface area contributed by atoms with Crippen molar-refractivity contribution in [1.82, 2.24) is 4.90 Å². The van der Waals surface area contributed by atoms with Crippen molar-refractivity contribution in [1.29, 1.82) is 0 Å². The van der Waals surface area contributed by atoms with Gasteiger partial charge in [0.25, 0.3) is 5.78 Å². The zero-order valence-electron chi connectivity index (χ0n) is 12.2. The highest BCUT2D eigenvalue weighted by molar-refractivity contribution is 6.02. The number of hydrogen-bond acceptors (Lipinski definition) is 4. The van der Waals surface area contributed by atoms with Crippen LogP contribution in [0.4, 0.5) is 13.2 Å². The zero-order valence-corrected chi connectivity index (χ0v) is 12.2. The number of ketones is 1. The molecule has 0 aromatic carbocycles. The Labute approximate surface area is 120 Å². The van der Waals surface area contributed by atoms with Gasteiger partial charge in [-0.15, -0.1) is 0 Å². The van der Waals surface area contributed by atoms with Crippen molar-refractivity contribution in [2.24, 2.45) is 5.41 Å². The van der Waals surface area contributed by atoms with E-state index in [9.17, 15) is 22.8 Å². The largest absolute Gasteiger partial charge is 0.467 e. The molecule has 1 saturated heterocycles. The number of alkyl halides is 3. The van der Waals surface area contributed by atoms with Gasteiger partial charge in [-0.05, 0) is 19.3 Å². The molecule has 0 spiro atoms. The van der Waals surface area contributed by atoms with Gasteiger partial charge in [0.15, 0.2) is 0 Å². The normalized spacial score (nSPS) is 24.9. The first kappa shape index (κ1) is 15.9. The minimum Gasteiger partial charge on any atom is -0.467 e. The van der Waals surface area contributed by atoms with Crippen molar-refractivity contribution in [3.05, 3.63) is 11.3 Å². The molecule has 7 heteroatoms. The van der Waals surface area contributed by atoms with Crippen LogP contribution < -0.4 is 0 Å². The van der Waals surface area contributed by atoms with Crippen LogP contribution in [0.3, 0.4) is 0 Å². The molecule has 0 bridgehead atoms. The lowest BCUT2D eigenvalue weighted by molar-refractivity contribution is -0.168. The van der Waals surface area contributed by atoms with Gasteiger partial charge in [0.1, 0.15) is 6.04 Å². The van der Waals surface area contributed by atoms with E-state index >= 15 is 0 Å². The van der Waals surface area contributed by atoms with E-state index in [-0.39, 0.29) is 5.57 Å². The highest BCUT2D eigenvalue weighted by Gasteiger charge is 2.53. The second-order valence-corrected chi connectivity index (χ2v) is 6.08. The first-order valence-electron chi connectivity index (χ1n) is 6.79. The second kappa shape index (κ2) is 5.03. The summed E-state index contributed by atoms with van der Waals surface area (Å²) < 4.78 is 42.9. The van der Waals surface area contributed by atoms with Crippen LogP contribution in [-0.2, 0) is 14.3 Å². The van der Waals surface area contributed by atoms with E-state index in [1.54, 1.807) is 18.7 Å². The number of rotatable bonds is 3. The van der Waals surface area contributed by atoms with Gasteiger partial charge in [0, 0.05) is 23.2 Å². The topological polar surface area (TPSA) is 46.6 Å². The Hall–Kier alpha value is -1.53. The Morgan fingerprint density at radius 2 is 1.95 bits per heavy atom. The summed E-state index contributed by atoms with van der Waals surface area (Å²) in [6.07, 6.45) is -3.31. The van der Waals surface area contributed by atoms with Gasteiger partial charge in [-0.3, -0.25) is 4.79 Å². The number of hydrogen-bond donors (Lipinski definition) is 0. The Morgan fingerprint density at radius 1 is 1.33 bits per heavy atom. The number of esters is 1. The fourth-order valence-electron chi connectivity index (χ4n) is 3.18. The van der Waals surface area contributed by atoms with Crippen molar-refractivity contribution in [3.63, 3.8) is 0 Å². The second-order valence-electron chi connectivity index (χ2n) is 6.08. The van der Waals surface area contributed by atoms with Crippen LogP contribution in [-0.4, -0.2) is 42.5 Å². The predicted octanol–water partition coefficient (Wildman–Crippen LogP) is 2.44. The van der Waals surface area contributed by atoms with Crippen molar-refractivity contribution < 1.29 is 27.5 Å². The molecule has 1 aliphatic carbocycles. The maximum atomic E-state index is 12.8. The number of likely N-dealkylation sites (tertiary alicyclic amines) is 1. The molecule has 1 fully saturated rings. The average molecular weight is 305 g/mol. The predicted molar refractivity (Wildman–Crippen MR) is 68.2 cm³/mol. The first-order chi connectivity index (χ1) is 9.59. The third-order valence-corrected chi connectivity index (χ3v) is 4.13. The van der Waals surface area contributed by atoms with E-state index in [0.717, 1.165) is 0 Å². The lowest BCUT2D eigenvalue weighted by Gasteiger charge is -2.45. The van der Waals surface area contributed by atoms with Crippen LogP contribution in [0, 0.1) is 5.41 Å². The number of allylic oxidation sites excluding steroid dienone is 2.